The normalized spacial score (nSPS) is 47.0. The maximum absolute atomic E-state index is 11.1. The summed E-state index contributed by atoms with van der Waals surface area (Å²) in [6.07, 6.45) is 1.72. The van der Waals surface area contributed by atoms with E-state index in [1.807, 2.05) is 0 Å². The molecule has 4 heteroatoms. The molecule has 1 saturated carbocycles. The monoisotopic (exact) mass is 188 g/mol. The SMILES string of the molecule is O=C1OC(O)C2CCC(S)CC12. The van der Waals surface area contributed by atoms with E-state index in [0.717, 1.165) is 19.3 Å². The van der Waals surface area contributed by atoms with E-state index < -0.39 is 6.29 Å². The fourth-order valence-corrected chi connectivity index (χ4v) is 2.45. The Bertz CT molecular complexity index is 206. The lowest BCUT2D eigenvalue weighted by molar-refractivity contribution is -0.156. The zero-order chi connectivity index (χ0) is 8.72. The van der Waals surface area contributed by atoms with Gasteiger partial charge in [-0.3, -0.25) is 4.79 Å². The highest BCUT2D eigenvalue weighted by molar-refractivity contribution is 7.80. The Morgan fingerprint density at radius 3 is 3.00 bits per heavy atom. The van der Waals surface area contributed by atoms with Crippen LogP contribution in [0.15, 0.2) is 0 Å². The van der Waals surface area contributed by atoms with E-state index >= 15 is 0 Å². The number of cyclic esters (lactones) is 1. The molecule has 1 aliphatic heterocycles. The lowest BCUT2D eigenvalue weighted by atomic mass is 9.80. The Hall–Kier alpha value is -0.220. The number of fused-ring (bicyclic) bond motifs is 1. The highest BCUT2D eigenvalue weighted by Crippen LogP contribution is 2.40. The lowest BCUT2D eigenvalue weighted by Gasteiger charge is -2.26. The quantitative estimate of drug-likeness (QED) is 0.432. The molecule has 68 valence electrons. The highest BCUT2D eigenvalue weighted by Gasteiger charge is 2.46. The first-order valence-corrected chi connectivity index (χ1v) is 4.77. The number of thiol groups is 1. The van der Waals surface area contributed by atoms with Crippen LogP contribution in [0.3, 0.4) is 0 Å². The molecule has 1 saturated heterocycles. The zero-order valence-corrected chi connectivity index (χ0v) is 7.54. The predicted molar refractivity (Wildman–Crippen MR) is 45.7 cm³/mol. The highest BCUT2D eigenvalue weighted by atomic mass is 32.1. The predicted octanol–water partition coefficient (Wildman–Crippen LogP) is 0.576. The number of carbonyl (C=O) groups is 1. The largest absolute Gasteiger partial charge is 0.435 e. The number of carbonyl (C=O) groups excluding carboxylic acids is 1. The van der Waals surface area contributed by atoms with Gasteiger partial charge in [0.2, 0.25) is 6.29 Å². The molecule has 0 amide bonds. The number of ether oxygens (including phenoxy) is 1. The van der Waals surface area contributed by atoms with E-state index in [1.165, 1.54) is 0 Å². The molecule has 2 rings (SSSR count). The van der Waals surface area contributed by atoms with Crippen LogP contribution in [0.1, 0.15) is 19.3 Å². The van der Waals surface area contributed by atoms with Crippen molar-refractivity contribution in [2.75, 3.05) is 0 Å². The first-order valence-electron chi connectivity index (χ1n) is 4.25. The second kappa shape index (κ2) is 2.92. The third-order valence-electron chi connectivity index (χ3n) is 2.78. The molecule has 0 bridgehead atoms. The van der Waals surface area contributed by atoms with Crippen LogP contribution in [0.25, 0.3) is 0 Å². The molecule has 0 aromatic carbocycles. The van der Waals surface area contributed by atoms with Gasteiger partial charge in [-0.05, 0) is 19.3 Å². The van der Waals surface area contributed by atoms with E-state index in [2.05, 4.69) is 12.6 Å². The molecule has 1 heterocycles. The first kappa shape index (κ1) is 8.38. The minimum Gasteiger partial charge on any atom is -0.435 e. The van der Waals surface area contributed by atoms with E-state index in [9.17, 15) is 9.90 Å². The van der Waals surface area contributed by atoms with Gasteiger partial charge in [0, 0.05) is 11.2 Å². The van der Waals surface area contributed by atoms with Gasteiger partial charge in [-0.25, -0.2) is 0 Å². The van der Waals surface area contributed by atoms with Crippen molar-refractivity contribution in [2.45, 2.75) is 30.8 Å². The van der Waals surface area contributed by atoms with Gasteiger partial charge in [0.25, 0.3) is 0 Å². The number of aliphatic hydroxyl groups is 1. The molecule has 4 unspecified atom stereocenters. The molecular formula is C8H12O3S. The van der Waals surface area contributed by atoms with Crippen LogP contribution >= 0.6 is 12.6 Å². The maximum Gasteiger partial charge on any atom is 0.311 e. The second-order valence-electron chi connectivity index (χ2n) is 3.56. The van der Waals surface area contributed by atoms with Crippen molar-refractivity contribution in [3.63, 3.8) is 0 Å². The molecule has 0 radical (unpaired) electrons. The van der Waals surface area contributed by atoms with Gasteiger partial charge in [0.15, 0.2) is 0 Å². The van der Waals surface area contributed by atoms with Crippen molar-refractivity contribution in [1.82, 2.24) is 0 Å². The average Bonchev–Trinajstić information content (AvgIpc) is 2.28. The lowest BCUT2D eigenvalue weighted by Crippen LogP contribution is -2.28. The first-order chi connectivity index (χ1) is 5.68. The molecular weight excluding hydrogens is 176 g/mol. The number of hydrogen-bond acceptors (Lipinski definition) is 4. The zero-order valence-electron chi connectivity index (χ0n) is 6.64. The van der Waals surface area contributed by atoms with E-state index in [-0.39, 0.29) is 17.8 Å². The molecule has 2 fully saturated rings. The number of esters is 1. The van der Waals surface area contributed by atoms with Crippen LogP contribution in [0.4, 0.5) is 0 Å². The summed E-state index contributed by atoms with van der Waals surface area (Å²) < 4.78 is 4.74. The third kappa shape index (κ3) is 1.23. The van der Waals surface area contributed by atoms with Gasteiger partial charge in [0.05, 0.1) is 5.92 Å². The fourth-order valence-electron chi connectivity index (χ4n) is 2.08. The van der Waals surface area contributed by atoms with Crippen molar-refractivity contribution >= 4 is 18.6 Å². The van der Waals surface area contributed by atoms with E-state index in [4.69, 9.17) is 4.74 Å². The summed E-state index contributed by atoms with van der Waals surface area (Å²) in [5, 5.41) is 9.61. The standard InChI is InChI=1S/C8H12O3S/c9-7-5-2-1-4(12)3-6(5)8(10)11-7/h4-7,9,12H,1-3H2. The van der Waals surface area contributed by atoms with Crippen LogP contribution in [0, 0.1) is 11.8 Å². The minimum atomic E-state index is -0.858. The van der Waals surface area contributed by atoms with Crippen molar-refractivity contribution in [1.29, 1.82) is 0 Å². The van der Waals surface area contributed by atoms with Crippen LogP contribution in [0.5, 0.6) is 0 Å². The van der Waals surface area contributed by atoms with Crippen LogP contribution in [-0.4, -0.2) is 22.6 Å². The Kier molecular flexibility index (Phi) is 2.04. The Labute approximate surface area is 76.5 Å². The van der Waals surface area contributed by atoms with Gasteiger partial charge >= 0.3 is 5.97 Å². The Morgan fingerprint density at radius 1 is 1.50 bits per heavy atom. The number of rotatable bonds is 0. The number of hydrogen-bond donors (Lipinski definition) is 2. The molecule has 2 aliphatic rings. The average molecular weight is 188 g/mol. The summed E-state index contributed by atoms with van der Waals surface area (Å²) in [5.41, 5.74) is 0. The Balaban J connectivity index is 2.12. The molecule has 0 aromatic rings. The summed E-state index contributed by atoms with van der Waals surface area (Å²) in [4.78, 5) is 11.1. The number of aliphatic hydroxyl groups excluding tert-OH is 1. The van der Waals surface area contributed by atoms with Gasteiger partial charge in [-0.1, -0.05) is 0 Å². The van der Waals surface area contributed by atoms with Crippen LogP contribution < -0.4 is 0 Å². The van der Waals surface area contributed by atoms with Crippen molar-refractivity contribution in [3.8, 4) is 0 Å². The summed E-state index contributed by atoms with van der Waals surface area (Å²) in [5.74, 6) is -0.316. The van der Waals surface area contributed by atoms with Gasteiger partial charge in [-0.15, -0.1) is 0 Å². The van der Waals surface area contributed by atoms with E-state index in [1.54, 1.807) is 0 Å². The summed E-state index contributed by atoms with van der Waals surface area (Å²) in [6, 6.07) is 0. The van der Waals surface area contributed by atoms with Crippen molar-refractivity contribution in [2.24, 2.45) is 11.8 Å². The topological polar surface area (TPSA) is 46.5 Å². The van der Waals surface area contributed by atoms with E-state index in [0.29, 0.717) is 5.25 Å². The molecule has 1 N–H and O–H groups in total. The second-order valence-corrected chi connectivity index (χ2v) is 4.29. The fraction of sp³-hybridized carbons (Fsp3) is 0.875. The third-order valence-corrected chi connectivity index (χ3v) is 3.25. The molecule has 3 nitrogen and oxygen atoms in total. The smallest absolute Gasteiger partial charge is 0.311 e. The maximum atomic E-state index is 11.1. The Morgan fingerprint density at radius 2 is 2.25 bits per heavy atom. The molecule has 12 heavy (non-hydrogen) atoms. The summed E-state index contributed by atoms with van der Waals surface area (Å²) in [6.45, 7) is 0. The molecule has 0 spiro atoms. The van der Waals surface area contributed by atoms with Crippen molar-refractivity contribution in [3.05, 3.63) is 0 Å². The molecule has 1 aliphatic carbocycles. The summed E-state index contributed by atoms with van der Waals surface area (Å²) >= 11 is 4.32. The van der Waals surface area contributed by atoms with Crippen LogP contribution in [0.2, 0.25) is 0 Å². The van der Waals surface area contributed by atoms with Crippen LogP contribution in [-0.2, 0) is 9.53 Å². The molecule has 0 aromatic heterocycles. The van der Waals surface area contributed by atoms with Gasteiger partial charge in [-0.2, -0.15) is 12.6 Å². The van der Waals surface area contributed by atoms with Crippen molar-refractivity contribution < 1.29 is 14.6 Å². The van der Waals surface area contributed by atoms with Gasteiger partial charge in [0.1, 0.15) is 0 Å². The molecule has 4 atom stereocenters. The summed E-state index contributed by atoms with van der Waals surface area (Å²) in [7, 11) is 0. The van der Waals surface area contributed by atoms with Gasteiger partial charge < -0.3 is 9.84 Å². The minimum absolute atomic E-state index is 0.0286.